The van der Waals surface area contributed by atoms with Crippen molar-refractivity contribution in [1.82, 2.24) is 4.90 Å². The molecule has 0 bridgehead atoms. The second-order valence-corrected chi connectivity index (χ2v) is 8.78. The monoisotopic (exact) mass is 389 g/mol. The Morgan fingerprint density at radius 3 is 2.32 bits per heavy atom. The molecule has 1 aromatic rings. The molecule has 2 aliphatic rings. The minimum atomic E-state index is -0.387. The highest BCUT2D eigenvalue weighted by atomic mass is 16.7. The Bertz CT molecular complexity index is 675. The van der Waals surface area contributed by atoms with Gasteiger partial charge in [-0.15, -0.1) is 0 Å². The number of aliphatic hydroxyl groups excluding tert-OH is 1. The Morgan fingerprint density at radius 2 is 1.79 bits per heavy atom. The first kappa shape index (κ1) is 21.2. The van der Waals surface area contributed by atoms with Gasteiger partial charge >= 0.3 is 13.2 Å². The highest BCUT2D eigenvalue weighted by Crippen LogP contribution is 2.36. The number of amides is 1. The van der Waals surface area contributed by atoms with Crippen molar-refractivity contribution in [3.8, 4) is 0 Å². The van der Waals surface area contributed by atoms with Gasteiger partial charge in [-0.2, -0.15) is 0 Å². The van der Waals surface area contributed by atoms with Crippen molar-refractivity contribution in [1.29, 1.82) is 0 Å². The van der Waals surface area contributed by atoms with Crippen molar-refractivity contribution in [2.24, 2.45) is 0 Å². The zero-order chi connectivity index (χ0) is 20.5. The van der Waals surface area contributed by atoms with E-state index < -0.39 is 0 Å². The molecule has 2 aliphatic heterocycles. The summed E-state index contributed by atoms with van der Waals surface area (Å²) in [6, 6.07) is 7.99. The fraction of sp³-hybridized carbons (Fsp3) is 0.667. The van der Waals surface area contributed by atoms with Crippen LogP contribution < -0.4 is 5.46 Å². The first-order valence-corrected chi connectivity index (χ1v) is 10.2. The summed E-state index contributed by atoms with van der Waals surface area (Å²) in [5, 5.41) is 8.94. The van der Waals surface area contributed by atoms with Gasteiger partial charge in [-0.05, 0) is 58.5 Å². The summed E-state index contributed by atoms with van der Waals surface area (Å²) >= 11 is 0. The van der Waals surface area contributed by atoms with Crippen molar-refractivity contribution in [2.75, 3.05) is 13.2 Å². The van der Waals surface area contributed by atoms with Crippen molar-refractivity contribution in [3.63, 3.8) is 0 Å². The van der Waals surface area contributed by atoms with E-state index in [1.807, 2.05) is 58.9 Å². The van der Waals surface area contributed by atoms with Gasteiger partial charge in [0.05, 0.1) is 17.2 Å². The van der Waals surface area contributed by atoms with Crippen LogP contribution in [0.25, 0.3) is 0 Å². The smallest absolute Gasteiger partial charge is 0.446 e. The van der Waals surface area contributed by atoms with Crippen LogP contribution >= 0.6 is 0 Å². The molecule has 0 aromatic heterocycles. The first-order chi connectivity index (χ1) is 13.1. The van der Waals surface area contributed by atoms with Gasteiger partial charge in [0.15, 0.2) is 0 Å². The van der Waals surface area contributed by atoms with Crippen LogP contribution in [0, 0.1) is 0 Å². The number of carbonyl (C=O) groups excluding carboxylic acids is 1. The van der Waals surface area contributed by atoms with Gasteiger partial charge in [0, 0.05) is 19.6 Å². The van der Waals surface area contributed by atoms with Gasteiger partial charge in [0.1, 0.15) is 6.10 Å². The molecule has 0 radical (unpaired) electrons. The molecule has 6 nitrogen and oxygen atoms in total. The summed E-state index contributed by atoms with van der Waals surface area (Å²) < 4.78 is 17.7. The lowest BCUT2D eigenvalue weighted by atomic mass is 9.78. The molecule has 1 aromatic carbocycles. The summed E-state index contributed by atoms with van der Waals surface area (Å²) in [6.07, 6.45) is 1.80. The van der Waals surface area contributed by atoms with E-state index in [-0.39, 0.29) is 43.2 Å². The SMILES string of the molecule is C[C@@H](c1ccc(B2OC(C)(C)C(C)(C)O2)cc1)N1CC[C@@H](CCCO)OC1=O. The largest absolute Gasteiger partial charge is 0.494 e. The lowest BCUT2D eigenvalue weighted by Gasteiger charge is -2.35. The van der Waals surface area contributed by atoms with Gasteiger partial charge in [-0.3, -0.25) is 0 Å². The zero-order valence-electron chi connectivity index (χ0n) is 17.6. The van der Waals surface area contributed by atoms with Crippen molar-refractivity contribution < 1.29 is 23.9 Å². The van der Waals surface area contributed by atoms with Crippen LogP contribution in [0.15, 0.2) is 24.3 Å². The normalized spacial score (nSPS) is 24.9. The second kappa shape index (κ2) is 8.05. The number of hydrogen-bond acceptors (Lipinski definition) is 5. The topological polar surface area (TPSA) is 68.2 Å². The molecule has 2 heterocycles. The van der Waals surface area contributed by atoms with E-state index in [9.17, 15) is 4.79 Å². The van der Waals surface area contributed by atoms with Gasteiger partial charge in [0.25, 0.3) is 0 Å². The molecule has 7 heteroatoms. The van der Waals surface area contributed by atoms with Crippen LogP contribution in [0.1, 0.15) is 65.5 Å². The van der Waals surface area contributed by atoms with E-state index in [0.29, 0.717) is 19.4 Å². The highest BCUT2D eigenvalue weighted by molar-refractivity contribution is 6.62. The number of rotatable bonds is 6. The molecular weight excluding hydrogens is 357 g/mol. The predicted molar refractivity (Wildman–Crippen MR) is 108 cm³/mol. The number of hydrogen-bond donors (Lipinski definition) is 1. The number of benzene rings is 1. The maximum absolute atomic E-state index is 12.4. The Balaban J connectivity index is 1.63. The third kappa shape index (κ3) is 4.21. The second-order valence-electron chi connectivity index (χ2n) is 8.78. The third-order valence-corrected chi connectivity index (χ3v) is 6.29. The summed E-state index contributed by atoms with van der Waals surface area (Å²) in [6.45, 7) is 11.0. The quantitative estimate of drug-likeness (QED) is 0.758. The molecule has 2 fully saturated rings. The molecule has 2 atom stereocenters. The minimum absolute atomic E-state index is 0.0707. The Kier molecular flexibility index (Phi) is 6.08. The summed E-state index contributed by atoms with van der Waals surface area (Å²) in [5.41, 5.74) is 1.28. The standard InChI is InChI=1S/C21H32BNO5/c1-15(23-13-12-18(7-6-14-24)26-19(23)25)16-8-10-17(11-9-16)22-27-20(2,3)21(4,5)28-22/h8-11,15,18,24H,6-7,12-14H2,1-5H3/t15-,18+/m0/s1. The van der Waals surface area contributed by atoms with Crippen molar-refractivity contribution in [2.45, 2.75) is 77.2 Å². The minimum Gasteiger partial charge on any atom is -0.446 e. The van der Waals surface area contributed by atoms with E-state index in [2.05, 4.69) is 0 Å². The third-order valence-electron chi connectivity index (χ3n) is 6.29. The van der Waals surface area contributed by atoms with Crippen LogP contribution in [-0.2, 0) is 14.0 Å². The van der Waals surface area contributed by atoms with E-state index in [1.165, 1.54) is 0 Å². The summed E-state index contributed by atoms with van der Waals surface area (Å²) in [7, 11) is -0.387. The fourth-order valence-electron chi connectivity index (χ4n) is 3.61. The molecule has 2 saturated heterocycles. The Labute approximate surface area is 168 Å². The first-order valence-electron chi connectivity index (χ1n) is 10.2. The molecule has 28 heavy (non-hydrogen) atoms. The van der Waals surface area contributed by atoms with Crippen LogP contribution in [-0.4, -0.2) is 53.7 Å². The number of aliphatic hydroxyl groups is 1. The summed E-state index contributed by atoms with van der Waals surface area (Å²) in [4.78, 5) is 14.2. The highest BCUT2D eigenvalue weighted by Gasteiger charge is 2.51. The Hall–Kier alpha value is -1.57. The molecule has 1 amide bonds. The zero-order valence-corrected chi connectivity index (χ0v) is 17.6. The maximum atomic E-state index is 12.4. The lowest BCUT2D eigenvalue weighted by Crippen LogP contribution is -2.43. The van der Waals surface area contributed by atoms with Crippen LogP contribution in [0.2, 0.25) is 0 Å². The van der Waals surface area contributed by atoms with Gasteiger partial charge in [0.2, 0.25) is 0 Å². The number of nitrogens with zero attached hydrogens (tertiary/aromatic N) is 1. The van der Waals surface area contributed by atoms with E-state index >= 15 is 0 Å². The molecular formula is C21H32BNO5. The maximum Gasteiger partial charge on any atom is 0.494 e. The average molecular weight is 389 g/mol. The molecule has 154 valence electrons. The van der Waals surface area contributed by atoms with Gasteiger partial charge in [-0.25, -0.2) is 4.79 Å². The van der Waals surface area contributed by atoms with Crippen LogP contribution in [0.5, 0.6) is 0 Å². The lowest BCUT2D eigenvalue weighted by molar-refractivity contribution is 0.00578. The predicted octanol–water partition coefficient (Wildman–Crippen LogP) is 3.03. The molecule has 0 spiro atoms. The van der Waals surface area contributed by atoms with Crippen molar-refractivity contribution >= 4 is 18.7 Å². The molecule has 0 saturated carbocycles. The van der Waals surface area contributed by atoms with E-state index in [4.69, 9.17) is 19.2 Å². The van der Waals surface area contributed by atoms with E-state index in [1.54, 1.807) is 4.90 Å². The number of ether oxygens (including phenoxy) is 1. The van der Waals surface area contributed by atoms with Crippen LogP contribution in [0.4, 0.5) is 4.79 Å². The summed E-state index contributed by atoms with van der Waals surface area (Å²) in [5.74, 6) is 0. The number of cyclic esters (lactones) is 1. The van der Waals surface area contributed by atoms with Gasteiger partial charge < -0.3 is 24.1 Å². The average Bonchev–Trinajstić information content (AvgIpc) is 2.87. The van der Waals surface area contributed by atoms with Gasteiger partial charge in [-0.1, -0.05) is 24.3 Å². The fourth-order valence-corrected chi connectivity index (χ4v) is 3.61. The number of carbonyl (C=O) groups is 1. The molecule has 1 N–H and O–H groups in total. The molecule has 0 unspecified atom stereocenters. The molecule has 3 rings (SSSR count). The van der Waals surface area contributed by atoms with Crippen molar-refractivity contribution in [3.05, 3.63) is 29.8 Å². The van der Waals surface area contributed by atoms with E-state index in [0.717, 1.165) is 17.4 Å². The molecule has 0 aliphatic carbocycles. The Morgan fingerprint density at radius 1 is 1.18 bits per heavy atom. The van der Waals surface area contributed by atoms with Crippen LogP contribution in [0.3, 0.4) is 0 Å².